The zero-order valence-corrected chi connectivity index (χ0v) is 18.2. The number of halogens is 1. The number of amides is 1. The Balaban J connectivity index is 1.47. The lowest BCUT2D eigenvalue weighted by atomic mass is 10.1. The summed E-state index contributed by atoms with van der Waals surface area (Å²) in [5, 5.41) is 13.1. The van der Waals surface area contributed by atoms with E-state index in [9.17, 15) is 4.79 Å². The summed E-state index contributed by atoms with van der Waals surface area (Å²) in [4.78, 5) is 12.4. The first-order valence-corrected chi connectivity index (χ1v) is 10.1. The van der Waals surface area contributed by atoms with Gasteiger partial charge in [-0.1, -0.05) is 17.7 Å². The van der Waals surface area contributed by atoms with Gasteiger partial charge in [0.25, 0.3) is 0 Å². The van der Waals surface area contributed by atoms with Crippen molar-refractivity contribution in [3.05, 3.63) is 59.2 Å². The zero-order chi connectivity index (χ0) is 22.0. The van der Waals surface area contributed by atoms with E-state index in [4.69, 9.17) is 21.1 Å². The van der Waals surface area contributed by atoms with E-state index >= 15 is 0 Å². The van der Waals surface area contributed by atoms with Gasteiger partial charge < -0.3 is 9.47 Å². The van der Waals surface area contributed by atoms with Gasteiger partial charge in [-0.2, -0.15) is 10.2 Å². The van der Waals surface area contributed by atoms with Crippen molar-refractivity contribution in [2.45, 2.75) is 20.1 Å². The van der Waals surface area contributed by atoms with Crippen LogP contribution >= 0.6 is 11.6 Å². The highest BCUT2D eigenvalue weighted by Gasteiger charge is 2.15. The normalized spacial score (nSPS) is 11.0. The van der Waals surface area contributed by atoms with Crippen molar-refractivity contribution in [1.29, 1.82) is 0 Å². The minimum absolute atomic E-state index is 0.148. The van der Waals surface area contributed by atoms with E-state index < -0.39 is 6.09 Å². The summed E-state index contributed by atoms with van der Waals surface area (Å²) in [5.74, 6) is 1.13. The SMILES string of the molecule is CCn1nc(-c2ccc(Cl)cc2OC)cc1NC(=O)OCc1ccc2c(cnn2C)c1. The Labute approximate surface area is 184 Å². The molecule has 2 aromatic heterocycles. The number of ether oxygens (including phenoxy) is 2. The Morgan fingerprint density at radius 1 is 1.19 bits per heavy atom. The van der Waals surface area contributed by atoms with Crippen molar-refractivity contribution < 1.29 is 14.3 Å². The van der Waals surface area contributed by atoms with Crippen molar-refractivity contribution in [3.8, 4) is 17.0 Å². The molecule has 2 aromatic carbocycles. The molecule has 0 bridgehead atoms. The van der Waals surface area contributed by atoms with E-state index in [0.29, 0.717) is 28.8 Å². The third-order valence-electron chi connectivity index (χ3n) is 4.93. The molecule has 31 heavy (non-hydrogen) atoms. The van der Waals surface area contributed by atoms with Gasteiger partial charge in [0.05, 0.1) is 24.5 Å². The van der Waals surface area contributed by atoms with E-state index in [0.717, 1.165) is 22.0 Å². The average Bonchev–Trinajstić information content (AvgIpc) is 3.35. The molecule has 0 aliphatic carbocycles. The topological polar surface area (TPSA) is 83.2 Å². The van der Waals surface area contributed by atoms with Crippen LogP contribution in [0.4, 0.5) is 10.6 Å². The Bertz CT molecular complexity index is 1250. The van der Waals surface area contributed by atoms with Gasteiger partial charge in [-0.15, -0.1) is 0 Å². The monoisotopic (exact) mass is 439 g/mol. The van der Waals surface area contributed by atoms with Crippen molar-refractivity contribution in [3.63, 3.8) is 0 Å². The van der Waals surface area contributed by atoms with E-state index in [1.54, 1.807) is 40.9 Å². The quantitative estimate of drug-likeness (QED) is 0.463. The smallest absolute Gasteiger partial charge is 0.413 e. The van der Waals surface area contributed by atoms with E-state index in [1.807, 2.05) is 38.2 Å². The molecular formula is C22H22ClN5O3. The number of aryl methyl sites for hydroxylation is 2. The highest BCUT2D eigenvalue weighted by Crippen LogP contribution is 2.33. The lowest BCUT2D eigenvalue weighted by molar-refractivity contribution is 0.155. The van der Waals surface area contributed by atoms with Crippen LogP contribution in [0.5, 0.6) is 5.75 Å². The first-order valence-electron chi connectivity index (χ1n) is 9.74. The molecule has 0 unspecified atom stereocenters. The second-order valence-electron chi connectivity index (χ2n) is 6.94. The number of fused-ring (bicyclic) bond motifs is 1. The van der Waals surface area contributed by atoms with E-state index in [2.05, 4.69) is 15.5 Å². The lowest BCUT2D eigenvalue weighted by Crippen LogP contribution is -2.16. The molecule has 1 amide bonds. The molecule has 0 aliphatic heterocycles. The van der Waals surface area contributed by atoms with Gasteiger partial charge in [0, 0.05) is 35.6 Å². The molecule has 160 valence electrons. The van der Waals surface area contributed by atoms with Crippen molar-refractivity contribution in [2.24, 2.45) is 7.05 Å². The molecule has 4 rings (SSSR count). The summed E-state index contributed by atoms with van der Waals surface area (Å²) >= 11 is 6.05. The maximum Gasteiger partial charge on any atom is 0.413 e. The van der Waals surface area contributed by atoms with Crippen molar-refractivity contribution >= 4 is 34.4 Å². The third-order valence-corrected chi connectivity index (χ3v) is 5.16. The van der Waals surface area contributed by atoms with Crippen LogP contribution in [-0.4, -0.2) is 32.8 Å². The molecule has 9 heteroatoms. The average molecular weight is 440 g/mol. The molecule has 4 aromatic rings. The molecule has 2 heterocycles. The number of hydrogen-bond donors (Lipinski definition) is 1. The predicted molar refractivity (Wildman–Crippen MR) is 119 cm³/mol. The van der Waals surface area contributed by atoms with Crippen molar-refractivity contribution in [2.75, 3.05) is 12.4 Å². The van der Waals surface area contributed by atoms with Crippen LogP contribution in [0.1, 0.15) is 12.5 Å². The fourth-order valence-electron chi connectivity index (χ4n) is 3.36. The van der Waals surface area contributed by atoms with Crippen LogP contribution in [0.25, 0.3) is 22.2 Å². The number of carbonyl (C=O) groups excluding carboxylic acids is 1. The highest BCUT2D eigenvalue weighted by molar-refractivity contribution is 6.30. The number of carbonyl (C=O) groups is 1. The van der Waals surface area contributed by atoms with Gasteiger partial charge in [-0.3, -0.25) is 10.00 Å². The number of anilines is 1. The summed E-state index contributed by atoms with van der Waals surface area (Å²) < 4.78 is 14.3. The summed E-state index contributed by atoms with van der Waals surface area (Å²) in [6.45, 7) is 2.66. The standard InChI is InChI=1S/C22H22ClN5O3/c1-4-28-21(11-18(26-28)17-7-6-16(23)10-20(17)30-3)25-22(29)31-13-14-5-8-19-15(9-14)12-24-27(19)2/h5-12H,4,13H2,1-3H3,(H,25,29). The minimum atomic E-state index is -0.560. The Kier molecular flexibility index (Phi) is 5.81. The van der Waals surface area contributed by atoms with Crippen LogP contribution in [0, 0.1) is 0 Å². The molecule has 0 aliphatic rings. The zero-order valence-electron chi connectivity index (χ0n) is 17.4. The molecule has 1 N–H and O–H groups in total. The molecule has 0 saturated carbocycles. The maximum atomic E-state index is 12.4. The summed E-state index contributed by atoms with van der Waals surface area (Å²) in [5.41, 5.74) is 3.34. The molecule has 0 saturated heterocycles. The molecule has 0 atom stereocenters. The molecule has 8 nitrogen and oxygen atoms in total. The van der Waals surface area contributed by atoms with E-state index in [-0.39, 0.29) is 6.61 Å². The van der Waals surface area contributed by atoms with Gasteiger partial charge >= 0.3 is 6.09 Å². The van der Waals surface area contributed by atoms with Gasteiger partial charge in [-0.25, -0.2) is 9.48 Å². The van der Waals surface area contributed by atoms with E-state index in [1.165, 1.54) is 0 Å². The highest BCUT2D eigenvalue weighted by atomic mass is 35.5. The summed E-state index contributed by atoms with van der Waals surface area (Å²) in [6, 6.07) is 12.9. The second kappa shape index (κ2) is 8.69. The number of methoxy groups -OCH3 is 1. The van der Waals surface area contributed by atoms with Gasteiger partial charge in [-0.05, 0) is 42.8 Å². The summed E-state index contributed by atoms with van der Waals surface area (Å²) in [6.07, 6.45) is 1.22. The summed E-state index contributed by atoms with van der Waals surface area (Å²) in [7, 11) is 3.46. The van der Waals surface area contributed by atoms with Crippen LogP contribution in [0.3, 0.4) is 0 Å². The number of nitrogens with zero attached hydrogens (tertiary/aromatic N) is 4. The lowest BCUT2D eigenvalue weighted by Gasteiger charge is -2.08. The van der Waals surface area contributed by atoms with Crippen LogP contribution < -0.4 is 10.1 Å². The first-order chi connectivity index (χ1) is 15.0. The van der Waals surface area contributed by atoms with Crippen LogP contribution in [0.15, 0.2) is 48.7 Å². The molecule has 0 spiro atoms. The second-order valence-corrected chi connectivity index (χ2v) is 7.37. The van der Waals surface area contributed by atoms with Crippen LogP contribution in [0.2, 0.25) is 5.02 Å². The molecule has 0 fully saturated rings. The molecule has 0 radical (unpaired) electrons. The van der Waals surface area contributed by atoms with Crippen LogP contribution in [-0.2, 0) is 24.9 Å². The largest absolute Gasteiger partial charge is 0.496 e. The number of aromatic nitrogens is 4. The Morgan fingerprint density at radius 2 is 2.03 bits per heavy atom. The van der Waals surface area contributed by atoms with Gasteiger partial charge in [0.15, 0.2) is 0 Å². The first kappa shape index (κ1) is 20.7. The van der Waals surface area contributed by atoms with Gasteiger partial charge in [0.2, 0.25) is 0 Å². The number of hydrogen-bond acceptors (Lipinski definition) is 5. The number of rotatable bonds is 6. The number of nitrogens with one attached hydrogen (secondary N) is 1. The third kappa shape index (κ3) is 4.34. The number of benzene rings is 2. The fourth-order valence-corrected chi connectivity index (χ4v) is 3.52. The Hall–Kier alpha value is -3.52. The maximum absolute atomic E-state index is 12.4. The van der Waals surface area contributed by atoms with Gasteiger partial charge in [0.1, 0.15) is 18.2 Å². The minimum Gasteiger partial charge on any atom is -0.496 e. The predicted octanol–water partition coefficient (Wildman–Crippen LogP) is 4.87. The Morgan fingerprint density at radius 3 is 2.81 bits per heavy atom. The fraction of sp³-hybridized carbons (Fsp3) is 0.227. The van der Waals surface area contributed by atoms with Crippen molar-refractivity contribution in [1.82, 2.24) is 19.6 Å². The molecular weight excluding hydrogens is 418 g/mol.